The third kappa shape index (κ3) is 12.7. The highest BCUT2D eigenvalue weighted by Gasteiger charge is 2.29. The first kappa shape index (κ1) is 22.5. The lowest BCUT2D eigenvalue weighted by Gasteiger charge is -2.22. The van der Waals surface area contributed by atoms with Crippen molar-refractivity contribution in [3.8, 4) is 0 Å². The quantitative estimate of drug-likeness (QED) is 0.167. The Hall–Kier alpha value is -0.750. The van der Waals surface area contributed by atoms with Crippen LogP contribution in [0.2, 0.25) is 0 Å². The van der Waals surface area contributed by atoms with Crippen molar-refractivity contribution in [2.75, 3.05) is 6.61 Å². The molecule has 0 unspecified atom stereocenters. The number of carbonyl (C=O) groups is 1. The van der Waals surface area contributed by atoms with Gasteiger partial charge in [-0.3, -0.25) is 9.11 Å². The van der Waals surface area contributed by atoms with E-state index in [2.05, 4.69) is 3.63 Å². The van der Waals surface area contributed by atoms with Gasteiger partial charge in [0.2, 0.25) is 0 Å². The number of carbonyl (C=O) groups excluding carboxylic acids is 1. The van der Waals surface area contributed by atoms with Crippen LogP contribution in [0.5, 0.6) is 0 Å². The third-order valence-electron chi connectivity index (χ3n) is 1.59. The van der Waals surface area contributed by atoms with Gasteiger partial charge in [-0.1, -0.05) is 0 Å². The van der Waals surface area contributed by atoms with Gasteiger partial charge < -0.3 is 30.3 Å². The van der Waals surface area contributed by atoms with Crippen molar-refractivity contribution in [1.29, 1.82) is 0 Å². The lowest BCUT2D eigenvalue weighted by Crippen LogP contribution is -2.46. The molecule has 0 saturated heterocycles. The van der Waals surface area contributed by atoms with E-state index in [1.54, 1.807) is 0 Å². The molecule has 0 heterocycles. The van der Waals surface area contributed by atoms with Crippen molar-refractivity contribution < 1.29 is 59.9 Å². The van der Waals surface area contributed by atoms with Crippen LogP contribution in [0.25, 0.3) is 0 Å². The van der Waals surface area contributed by atoms with Crippen molar-refractivity contribution in [2.24, 2.45) is 0 Å². The van der Waals surface area contributed by atoms with Crippen LogP contribution < -0.4 is 0 Å². The van der Waals surface area contributed by atoms with Crippen LogP contribution in [0.4, 0.5) is 0 Å². The highest BCUT2D eigenvalue weighted by molar-refractivity contribution is 7.94. The van der Waals surface area contributed by atoms with Crippen LogP contribution in [0.15, 0.2) is 0 Å². The molecule has 21 heavy (non-hydrogen) atoms. The average Bonchev–Trinajstić information content (AvgIpc) is 2.31. The van der Waals surface area contributed by atoms with Gasteiger partial charge in [-0.25, -0.2) is 0 Å². The summed E-state index contributed by atoms with van der Waals surface area (Å²) in [6, 6.07) is 0. The van der Waals surface area contributed by atoms with Gasteiger partial charge in [0.1, 0.15) is 24.4 Å². The second-order valence-corrected chi connectivity index (χ2v) is 5.54. The maximum atomic E-state index is 9.90. The molecule has 4 atom stereocenters. The maximum absolute atomic E-state index is 9.90. The average molecular weight is 358 g/mol. The largest absolute Gasteiger partial charge is 0.413 e. The minimum atomic E-state index is -5.12. The van der Waals surface area contributed by atoms with Crippen LogP contribution in [0, 0.1) is 0 Å². The van der Waals surface area contributed by atoms with Crippen LogP contribution in [0.3, 0.4) is 0 Å². The van der Waals surface area contributed by atoms with Gasteiger partial charge in [-0.15, -0.1) is 3.63 Å². The number of aliphatic hydroxyl groups excluding tert-OH is 5. The summed E-state index contributed by atoms with van der Waals surface area (Å²) in [6.45, 7) is -0.760. The van der Waals surface area contributed by atoms with E-state index in [9.17, 15) is 21.6 Å². The van der Waals surface area contributed by atoms with Gasteiger partial charge in [0, 0.05) is 0 Å². The van der Waals surface area contributed by atoms with Gasteiger partial charge >= 0.3 is 20.8 Å². The number of aliphatic hydroxyl groups is 5. The molecule has 0 fully saturated rings. The van der Waals surface area contributed by atoms with E-state index >= 15 is 0 Å². The Morgan fingerprint density at radius 3 is 1.48 bits per heavy atom. The van der Waals surface area contributed by atoms with E-state index in [0.717, 1.165) is 0 Å². The molecule has 0 rings (SSSR count). The fourth-order valence-corrected chi connectivity index (χ4v) is 1.60. The normalized spacial score (nSPS) is 17.9. The highest BCUT2D eigenvalue weighted by atomic mass is 32.3. The highest BCUT2D eigenvalue weighted by Crippen LogP contribution is 2.02. The smallest absolute Gasteiger partial charge is 0.394 e. The van der Waals surface area contributed by atoms with Crippen LogP contribution in [0.1, 0.15) is 0 Å². The van der Waals surface area contributed by atoms with E-state index in [1.807, 2.05) is 0 Å². The molecule has 0 radical (unpaired) electrons. The van der Waals surface area contributed by atoms with Crippen LogP contribution in [-0.4, -0.2) is 88.8 Å². The fourth-order valence-electron chi connectivity index (χ4n) is 0.727. The molecule has 0 aromatic carbocycles. The van der Waals surface area contributed by atoms with Crippen LogP contribution >= 0.6 is 0 Å². The number of aldehydes is 1. The summed E-state index contributed by atoms with van der Waals surface area (Å²) in [5.41, 5.74) is 0. The Morgan fingerprint density at radius 2 is 1.29 bits per heavy atom. The van der Waals surface area contributed by atoms with E-state index in [0.29, 0.717) is 0 Å². The van der Waals surface area contributed by atoms with Crippen molar-refractivity contribution in [3.63, 3.8) is 0 Å². The van der Waals surface area contributed by atoms with Crippen molar-refractivity contribution in [3.05, 3.63) is 0 Å². The zero-order valence-electron chi connectivity index (χ0n) is 9.99. The first-order valence-electron chi connectivity index (χ1n) is 4.69. The Kier molecular flexibility index (Phi) is 9.98. The monoisotopic (exact) mass is 358 g/mol. The zero-order chi connectivity index (χ0) is 17.4. The lowest BCUT2D eigenvalue weighted by atomic mass is 10.0. The Bertz CT molecular complexity index is 465. The summed E-state index contributed by atoms with van der Waals surface area (Å²) in [7, 11) is -10.2. The summed E-state index contributed by atoms with van der Waals surface area (Å²) in [6.07, 6.45) is -6.84. The van der Waals surface area contributed by atoms with Crippen molar-refractivity contribution >= 4 is 27.1 Å². The molecular weight excluding hydrogens is 344 g/mol. The first-order valence-corrected chi connectivity index (χ1v) is 7.42. The molecule has 13 nitrogen and oxygen atoms in total. The van der Waals surface area contributed by atoms with Gasteiger partial charge in [-0.05, 0) is 0 Å². The summed E-state index contributed by atoms with van der Waals surface area (Å²) < 4.78 is 55.6. The minimum absolute atomic E-state index is 0.0258. The predicted octanol–water partition coefficient (Wildman–Crippen LogP) is -4.77. The lowest BCUT2D eigenvalue weighted by molar-refractivity contribution is -0.136. The number of hydrogen-bond acceptors (Lipinski definition) is 11. The standard InChI is InChI=1S/C6H12O6.H2O7S2/c7-1-3(9)5(11)6(12)4(10)2-8;1-8(2,3)7-9(4,5)6/h1,3-6,8-12H,2H2;(H,1,2,3)(H,4,5,6)/t3-,4+,5+,6+;/m0./s1. The van der Waals surface area contributed by atoms with E-state index in [1.165, 1.54) is 0 Å². The molecule has 0 aliphatic rings. The van der Waals surface area contributed by atoms with Crippen molar-refractivity contribution in [2.45, 2.75) is 24.4 Å². The van der Waals surface area contributed by atoms with Crippen LogP contribution in [-0.2, 0) is 29.2 Å². The molecule has 0 bridgehead atoms. The summed E-state index contributed by atoms with van der Waals surface area (Å²) in [5, 5.41) is 43.5. The molecule has 128 valence electrons. The van der Waals surface area contributed by atoms with Crippen molar-refractivity contribution in [1.82, 2.24) is 0 Å². The zero-order valence-corrected chi connectivity index (χ0v) is 11.6. The SMILES string of the molecule is O=C[C@H](O)[C@@H](O)[C@H](O)[C@H](O)CO.O=S(=O)(O)OS(=O)(=O)O. The first-order chi connectivity index (χ1) is 9.25. The van der Waals surface area contributed by atoms with Gasteiger partial charge in [0.15, 0.2) is 6.29 Å². The van der Waals surface area contributed by atoms with Gasteiger partial charge in [-0.2, -0.15) is 16.8 Å². The molecule has 0 aliphatic heterocycles. The maximum Gasteiger partial charge on any atom is 0.413 e. The molecule has 0 aliphatic carbocycles. The molecule has 15 heteroatoms. The minimum Gasteiger partial charge on any atom is -0.394 e. The molecular formula is C6H14O13S2. The third-order valence-corrected chi connectivity index (χ3v) is 2.97. The molecule has 0 spiro atoms. The van der Waals surface area contributed by atoms with Gasteiger partial charge in [0.25, 0.3) is 0 Å². The van der Waals surface area contributed by atoms with E-state index in [-0.39, 0.29) is 6.29 Å². The Morgan fingerprint density at radius 1 is 0.905 bits per heavy atom. The molecule has 0 amide bonds. The summed E-state index contributed by atoms with van der Waals surface area (Å²) >= 11 is 0. The second kappa shape index (κ2) is 9.30. The molecule has 7 N–H and O–H groups in total. The molecule has 0 aromatic rings. The van der Waals surface area contributed by atoms with E-state index in [4.69, 9.17) is 34.6 Å². The molecule has 0 saturated carbocycles. The fraction of sp³-hybridized carbons (Fsp3) is 0.833. The number of rotatable bonds is 7. The topological polar surface area (TPSA) is 236 Å². The number of hydrogen-bond donors (Lipinski definition) is 7. The Balaban J connectivity index is 0. The second-order valence-electron chi connectivity index (χ2n) is 3.28. The van der Waals surface area contributed by atoms with E-state index < -0.39 is 51.8 Å². The summed E-state index contributed by atoms with van der Waals surface area (Å²) in [4.78, 5) is 9.90. The summed E-state index contributed by atoms with van der Waals surface area (Å²) in [5.74, 6) is 0. The predicted molar refractivity (Wildman–Crippen MR) is 61.4 cm³/mol. The molecule has 0 aromatic heterocycles. The van der Waals surface area contributed by atoms with Gasteiger partial charge in [0.05, 0.1) is 6.61 Å². The Labute approximate surface area is 118 Å².